The van der Waals surface area contributed by atoms with Crippen LogP contribution in [0.3, 0.4) is 0 Å². The summed E-state index contributed by atoms with van der Waals surface area (Å²) in [7, 11) is 0. The number of aryl methyl sites for hydroxylation is 3. The Morgan fingerprint density at radius 1 is 1.11 bits per heavy atom. The summed E-state index contributed by atoms with van der Waals surface area (Å²) in [6.45, 7) is 12.5. The average molecular weight is 258 g/mol. The van der Waals surface area contributed by atoms with Gasteiger partial charge in [0, 0.05) is 6.42 Å². The third kappa shape index (κ3) is 4.38. The van der Waals surface area contributed by atoms with Crippen molar-refractivity contribution in [2.24, 2.45) is 0 Å². The van der Waals surface area contributed by atoms with Crippen LogP contribution in [0.2, 0.25) is 0 Å². The maximum absolute atomic E-state index is 10.5. The second-order valence-corrected chi connectivity index (χ2v) is 5.57. The predicted octanol–water partition coefficient (Wildman–Crippen LogP) is 4.94. The molecule has 0 bridgehead atoms. The molecule has 0 saturated heterocycles. The smallest absolute Gasteiger partial charge is 0.0838 e. The topological polar surface area (TPSA) is 20.2 Å². The van der Waals surface area contributed by atoms with E-state index in [0.717, 1.165) is 17.6 Å². The van der Waals surface area contributed by atoms with E-state index in [4.69, 9.17) is 0 Å². The summed E-state index contributed by atoms with van der Waals surface area (Å²) in [5, 5.41) is 10.5. The molecule has 1 unspecified atom stereocenters. The van der Waals surface area contributed by atoms with Gasteiger partial charge in [0.15, 0.2) is 0 Å². The van der Waals surface area contributed by atoms with E-state index in [1.165, 1.54) is 22.3 Å². The molecule has 1 rings (SSSR count). The van der Waals surface area contributed by atoms with Crippen molar-refractivity contribution in [3.05, 3.63) is 51.3 Å². The minimum Gasteiger partial charge on any atom is -0.388 e. The standard InChI is InChI=1S/C18H26O/c1-7-12(2)8-13(3)11-17(19)18-15(5)9-14(4)10-16(18)6/h9-10,17,19H,7,11H2,1-6H3. The first kappa shape index (κ1) is 15.8. The van der Waals surface area contributed by atoms with Crippen molar-refractivity contribution in [2.75, 3.05) is 0 Å². The molecule has 0 spiro atoms. The Kier molecular flexibility index (Phi) is 5.60. The van der Waals surface area contributed by atoms with Crippen LogP contribution in [0.5, 0.6) is 0 Å². The van der Waals surface area contributed by atoms with Crippen LogP contribution in [0.4, 0.5) is 0 Å². The zero-order valence-corrected chi connectivity index (χ0v) is 13.1. The molecule has 104 valence electrons. The maximum atomic E-state index is 10.5. The normalized spacial score (nSPS) is 11.9. The molecular weight excluding hydrogens is 232 g/mol. The Bertz CT molecular complexity index is 493. The van der Waals surface area contributed by atoms with Gasteiger partial charge in [-0.05, 0) is 68.9 Å². The van der Waals surface area contributed by atoms with E-state index in [-0.39, 0.29) is 0 Å². The first-order valence-corrected chi connectivity index (χ1v) is 7.02. The molecule has 0 radical (unpaired) electrons. The fourth-order valence-electron chi connectivity index (χ4n) is 2.61. The van der Waals surface area contributed by atoms with Gasteiger partial charge >= 0.3 is 0 Å². The van der Waals surface area contributed by atoms with Gasteiger partial charge in [-0.1, -0.05) is 24.6 Å². The van der Waals surface area contributed by atoms with Crippen molar-refractivity contribution in [2.45, 2.75) is 60.5 Å². The summed E-state index contributed by atoms with van der Waals surface area (Å²) in [5.41, 5.74) is 10.4. The molecule has 1 aromatic rings. The van der Waals surface area contributed by atoms with E-state index < -0.39 is 6.10 Å². The number of aliphatic hydroxyl groups is 1. The molecule has 19 heavy (non-hydrogen) atoms. The Morgan fingerprint density at radius 3 is 2.11 bits per heavy atom. The van der Waals surface area contributed by atoms with E-state index in [0.29, 0.717) is 6.42 Å². The molecule has 1 nitrogen and oxygen atoms in total. The zero-order chi connectivity index (χ0) is 14.6. The summed E-state index contributed by atoms with van der Waals surface area (Å²) in [4.78, 5) is 0. The second-order valence-electron chi connectivity index (χ2n) is 5.57. The quantitative estimate of drug-likeness (QED) is 0.759. The molecule has 1 heteroatoms. The van der Waals surface area contributed by atoms with Gasteiger partial charge in [-0.25, -0.2) is 0 Å². The van der Waals surface area contributed by atoms with Crippen molar-refractivity contribution in [3.8, 4) is 0 Å². The van der Waals surface area contributed by atoms with Gasteiger partial charge in [0.1, 0.15) is 0 Å². The first-order valence-electron chi connectivity index (χ1n) is 7.02. The van der Waals surface area contributed by atoms with Gasteiger partial charge in [-0.2, -0.15) is 0 Å². The number of rotatable bonds is 4. The lowest BCUT2D eigenvalue weighted by molar-refractivity contribution is 0.177. The van der Waals surface area contributed by atoms with E-state index >= 15 is 0 Å². The lowest BCUT2D eigenvalue weighted by Gasteiger charge is -2.17. The molecule has 1 aromatic carbocycles. The van der Waals surface area contributed by atoms with Crippen LogP contribution in [-0.4, -0.2) is 5.11 Å². The molecular formula is C18H26O. The second kappa shape index (κ2) is 6.75. The van der Waals surface area contributed by atoms with Crippen LogP contribution in [0.1, 0.15) is 62.0 Å². The third-order valence-corrected chi connectivity index (χ3v) is 3.53. The zero-order valence-electron chi connectivity index (χ0n) is 13.1. The van der Waals surface area contributed by atoms with Crippen molar-refractivity contribution in [3.63, 3.8) is 0 Å². The molecule has 0 aliphatic carbocycles. The molecule has 0 saturated carbocycles. The summed E-state index contributed by atoms with van der Waals surface area (Å²) in [6.07, 6.45) is 1.23. The number of hydrogen-bond donors (Lipinski definition) is 1. The highest BCUT2D eigenvalue weighted by Gasteiger charge is 2.14. The maximum Gasteiger partial charge on any atom is 0.0838 e. The lowest BCUT2D eigenvalue weighted by Crippen LogP contribution is -2.04. The van der Waals surface area contributed by atoms with Crippen LogP contribution in [0.15, 0.2) is 29.0 Å². The fraction of sp³-hybridized carbons (Fsp3) is 0.500. The average Bonchev–Trinajstić information content (AvgIpc) is 2.26. The molecule has 1 N–H and O–H groups in total. The van der Waals surface area contributed by atoms with Gasteiger partial charge in [-0.3, -0.25) is 0 Å². The Labute approximate surface area is 117 Å². The van der Waals surface area contributed by atoms with Crippen molar-refractivity contribution in [1.29, 1.82) is 0 Å². The van der Waals surface area contributed by atoms with Crippen LogP contribution in [0, 0.1) is 20.8 Å². The molecule has 0 fully saturated rings. The van der Waals surface area contributed by atoms with E-state index in [1.54, 1.807) is 0 Å². The van der Waals surface area contributed by atoms with Crippen LogP contribution >= 0.6 is 0 Å². The van der Waals surface area contributed by atoms with Gasteiger partial charge in [-0.15, -0.1) is 5.73 Å². The third-order valence-electron chi connectivity index (χ3n) is 3.53. The number of benzene rings is 1. The van der Waals surface area contributed by atoms with Gasteiger partial charge < -0.3 is 5.11 Å². The van der Waals surface area contributed by atoms with Gasteiger partial charge in [0.25, 0.3) is 0 Å². The van der Waals surface area contributed by atoms with Crippen LogP contribution in [-0.2, 0) is 0 Å². The van der Waals surface area contributed by atoms with Gasteiger partial charge in [0.2, 0.25) is 0 Å². The molecule has 0 amide bonds. The minimum absolute atomic E-state index is 0.433. The molecule has 0 aliphatic heterocycles. The van der Waals surface area contributed by atoms with Crippen molar-refractivity contribution < 1.29 is 5.11 Å². The highest BCUT2D eigenvalue weighted by molar-refractivity contribution is 5.39. The fourth-order valence-corrected chi connectivity index (χ4v) is 2.61. The summed E-state index contributed by atoms with van der Waals surface area (Å²) in [5.74, 6) is 0. The van der Waals surface area contributed by atoms with Crippen molar-refractivity contribution in [1.82, 2.24) is 0 Å². The Balaban J connectivity index is 3.03. The number of aliphatic hydroxyl groups excluding tert-OH is 1. The Morgan fingerprint density at radius 2 is 1.63 bits per heavy atom. The molecule has 0 heterocycles. The van der Waals surface area contributed by atoms with E-state index in [1.807, 2.05) is 6.92 Å². The highest BCUT2D eigenvalue weighted by Crippen LogP contribution is 2.27. The first-order chi connectivity index (χ1) is 8.85. The molecule has 0 aliphatic rings. The highest BCUT2D eigenvalue weighted by atomic mass is 16.3. The largest absolute Gasteiger partial charge is 0.388 e. The Hall–Kier alpha value is -1.30. The van der Waals surface area contributed by atoms with Crippen molar-refractivity contribution >= 4 is 0 Å². The lowest BCUT2D eigenvalue weighted by atomic mass is 9.92. The van der Waals surface area contributed by atoms with Crippen LogP contribution in [0.25, 0.3) is 0 Å². The van der Waals surface area contributed by atoms with Crippen LogP contribution < -0.4 is 0 Å². The summed E-state index contributed by atoms with van der Waals surface area (Å²) in [6, 6.07) is 4.27. The molecule has 1 atom stereocenters. The minimum atomic E-state index is -0.433. The summed E-state index contributed by atoms with van der Waals surface area (Å²) < 4.78 is 0. The number of hydrogen-bond acceptors (Lipinski definition) is 1. The van der Waals surface area contributed by atoms with E-state index in [2.05, 4.69) is 52.5 Å². The van der Waals surface area contributed by atoms with Gasteiger partial charge in [0.05, 0.1) is 6.10 Å². The SMILES string of the molecule is CCC(C)=C=C(C)CC(O)c1c(C)cc(C)cc1C. The predicted molar refractivity (Wildman–Crippen MR) is 82.4 cm³/mol. The van der Waals surface area contributed by atoms with E-state index in [9.17, 15) is 5.11 Å². The summed E-state index contributed by atoms with van der Waals surface area (Å²) >= 11 is 0. The molecule has 0 aromatic heterocycles. The monoisotopic (exact) mass is 258 g/mol.